The number of carbonyl (C=O) groups excluding carboxylic acids is 2. The number of H-pyrrole nitrogens is 1. The van der Waals surface area contributed by atoms with Crippen LogP contribution in [0.2, 0.25) is 0 Å². The van der Waals surface area contributed by atoms with Crippen LogP contribution in [-0.4, -0.2) is 100 Å². The van der Waals surface area contributed by atoms with Gasteiger partial charge < -0.3 is 30.2 Å². The Morgan fingerprint density at radius 2 is 1.71 bits per heavy atom. The van der Waals surface area contributed by atoms with Crippen molar-refractivity contribution in [3.63, 3.8) is 0 Å². The van der Waals surface area contributed by atoms with Crippen molar-refractivity contribution in [2.24, 2.45) is 7.05 Å². The van der Waals surface area contributed by atoms with E-state index in [4.69, 9.17) is 14.7 Å². The van der Waals surface area contributed by atoms with Gasteiger partial charge in [-0.25, -0.2) is 4.98 Å². The van der Waals surface area contributed by atoms with E-state index in [-0.39, 0.29) is 11.8 Å². The summed E-state index contributed by atoms with van der Waals surface area (Å²) >= 11 is 0. The van der Waals surface area contributed by atoms with E-state index in [0.717, 1.165) is 66.9 Å². The molecular formula is C36H44N10O3. The normalized spacial score (nSPS) is 13.5. The number of para-hydroxylation sites is 1. The van der Waals surface area contributed by atoms with Crippen LogP contribution in [0.4, 0.5) is 23.0 Å². The van der Waals surface area contributed by atoms with E-state index in [1.807, 2.05) is 48.7 Å². The van der Waals surface area contributed by atoms with Gasteiger partial charge in [0.2, 0.25) is 11.9 Å². The zero-order valence-corrected chi connectivity index (χ0v) is 29.0. The lowest BCUT2D eigenvalue weighted by Gasteiger charge is -2.36. The van der Waals surface area contributed by atoms with Gasteiger partial charge in [-0.15, -0.1) is 0 Å². The molecule has 3 aromatic heterocycles. The molecule has 0 saturated carbocycles. The molecule has 256 valence electrons. The van der Waals surface area contributed by atoms with Gasteiger partial charge in [-0.05, 0) is 48.2 Å². The number of benzene rings is 2. The highest BCUT2D eigenvalue weighted by molar-refractivity contribution is 6.05. The minimum absolute atomic E-state index is 0.113. The number of aromatic amines is 1. The molecule has 4 heterocycles. The molecule has 0 radical (unpaired) electrons. The third-order valence-electron chi connectivity index (χ3n) is 9.03. The molecule has 1 saturated heterocycles. The average Bonchev–Trinajstić information content (AvgIpc) is 3.75. The first-order valence-corrected chi connectivity index (χ1v) is 16.6. The van der Waals surface area contributed by atoms with E-state index in [2.05, 4.69) is 44.4 Å². The highest BCUT2D eigenvalue weighted by Crippen LogP contribution is 2.34. The number of rotatable bonds is 11. The van der Waals surface area contributed by atoms with Crippen LogP contribution >= 0.6 is 0 Å². The Morgan fingerprint density at radius 1 is 0.980 bits per heavy atom. The molecule has 13 heteroatoms. The summed E-state index contributed by atoms with van der Waals surface area (Å²) in [7, 11) is 7.02. The van der Waals surface area contributed by atoms with Crippen molar-refractivity contribution in [3.8, 4) is 17.1 Å². The number of nitrogens with zero attached hydrogens (tertiary/aromatic N) is 7. The monoisotopic (exact) mass is 664 g/mol. The summed E-state index contributed by atoms with van der Waals surface area (Å²) < 4.78 is 7.47. The molecule has 49 heavy (non-hydrogen) atoms. The molecule has 0 aliphatic carbocycles. The predicted octanol–water partition coefficient (Wildman–Crippen LogP) is 4.70. The van der Waals surface area contributed by atoms with Crippen molar-refractivity contribution in [1.29, 1.82) is 0 Å². The molecule has 1 aliphatic heterocycles. The fraction of sp³-hybridized carbons (Fsp3) is 0.361. The maximum atomic E-state index is 13.5. The fourth-order valence-corrected chi connectivity index (χ4v) is 6.17. The zero-order valence-electron chi connectivity index (χ0n) is 29.0. The summed E-state index contributed by atoms with van der Waals surface area (Å²) in [4.78, 5) is 44.6. The van der Waals surface area contributed by atoms with Crippen LogP contribution in [-0.2, 0) is 24.7 Å². The molecule has 6 rings (SSSR count). The summed E-state index contributed by atoms with van der Waals surface area (Å²) in [5, 5.41) is 11.8. The second-order valence-corrected chi connectivity index (χ2v) is 12.3. The van der Waals surface area contributed by atoms with Crippen molar-refractivity contribution < 1.29 is 14.3 Å². The van der Waals surface area contributed by atoms with Gasteiger partial charge in [0.25, 0.3) is 5.91 Å². The number of ether oxygens (including phenoxy) is 1. The number of nitrogens with one attached hydrogen (secondary N) is 3. The number of hydrogen-bond acceptors (Lipinski definition) is 9. The van der Waals surface area contributed by atoms with Crippen molar-refractivity contribution >= 4 is 45.9 Å². The molecule has 0 bridgehead atoms. The number of aryl methyl sites for hydroxylation is 3. The van der Waals surface area contributed by atoms with Crippen molar-refractivity contribution in [2.75, 3.05) is 69.5 Å². The van der Waals surface area contributed by atoms with E-state index in [1.54, 1.807) is 43.9 Å². The second kappa shape index (κ2) is 14.4. The van der Waals surface area contributed by atoms with Crippen molar-refractivity contribution in [1.82, 2.24) is 34.5 Å². The Bertz CT molecular complexity index is 1950. The number of aromatic nitrogens is 5. The highest BCUT2D eigenvalue weighted by Gasteiger charge is 2.23. The van der Waals surface area contributed by atoms with Crippen molar-refractivity contribution in [3.05, 3.63) is 71.5 Å². The Hall–Kier alpha value is -5.43. The summed E-state index contributed by atoms with van der Waals surface area (Å²) in [6.07, 6.45) is 3.43. The number of fused-ring (bicyclic) bond motifs is 1. The van der Waals surface area contributed by atoms with Crippen LogP contribution in [0.1, 0.15) is 35.5 Å². The van der Waals surface area contributed by atoms with Gasteiger partial charge in [-0.3, -0.25) is 19.2 Å². The smallest absolute Gasteiger partial charge is 0.276 e. The van der Waals surface area contributed by atoms with Gasteiger partial charge in [-0.2, -0.15) is 10.1 Å². The Morgan fingerprint density at radius 3 is 2.39 bits per heavy atom. The average molecular weight is 665 g/mol. The zero-order chi connectivity index (χ0) is 34.7. The molecule has 2 aromatic carbocycles. The fourth-order valence-electron chi connectivity index (χ4n) is 6.17. The molecular weight excluding hydrogens is 620 g/mol. The van der Waals surface area contributed by atoms with Crippen LogP contribution in [0, 0.1) is 0 Å². The lowest BCUT2D eigenvalue weighted by Crippen LogP contribution is -2.49. The van der Waals surface area contributed by atoms with E-state index in [1.165, 1.54) is 0 Å². The predicted molar refractivity (Wildman–Crippen MR) is 193 cm³/mol. The summed E-state index contributed by atoms with van der Waals surface area (Å²) in [5.74, 6) is 0.856. The maximum Gasteiger partial charge on any atom is 0.276 e. The molecule has 0 spiro atoms. The van der Waals surface area contributed by atoms with Crippen LogP contribution in [0.25, 0.3) is 22.4 Å². The standard InChI is InChI=1S/C36H44N10O3/c1-7-23-10-9-11-24(8-2)32(23)39-35(48)28-21-29(44(5)42-28)33-26-14-15-37-34(26)41-36(40-33)38-27-13-12-25(20-30(27)49-6)46-18-16-45(17-19-46)22-31(47)43(3)4/h9-15,20-21H,7-8,16-19,22H2,1-6H3,(H,39,48)(H2,37,38,40,41). The molecule has 2 amide bonds. The van der Waals surface area contributed by atoms with E-state index < -0.39 is 0 Å². The summed E-state index contributed by atoms with van der Waals surface area (Å²) in [5.41, 5.74) is 7.02. The van der Waals surface area contributed by atoms with E-state index >= 15 is 0 Å². The van der Waals surface area contributed by atoms with Gasteiger partial charge in [0.05, 0.1) is 25.0 Å². The van der Waals surface area contributed by atoms with Gasteiger partial charge >= 0.3 is 0 Å². The summed E-state index contributed by atoms with van der Waals surface area (Å²) in [6, 6.07) is 15.8. The minimum atomic E-state index is -0.275. The maximum absolute atomic E-state index is 13.5. The number of likely N-dealkylation sites (N-methyl/N-ethyl adjacent to an activating group) is 1. The third-order valence-corrected chi connectivity index (χ3v) is 9.03. The third kappa shape index (κ3) is 7.07. The first-order valence-electron chi connectivity index (χ1n) is 16.6. The van der Waals surface area contributed by atoms with Crippen molar-refractivity contribution in [2.45, 2.75) is 26.7 Å². The van der Waals surface area contributed by atoms with Crippen LogP contribution in [0.15, 0.2) is 54.7 Å². The lowest BCUT2D eigenvalue weighted by molar-refractivity contribution is -0.129. The van der Waals surface area contributed by atoms with Crippen LogP contribution in [0.5, 0.6) is 5.75 Å². The van der Waals surface area contributed by atoms with Gasteiger partial charge in [0, 0.05) is 76.3 Å². The van der Waals surface area contributed by atoms with Gasteiger partial charge in [0.15, 0.2) is 5.69 Å². The second-order valence-electron chi connectivity index (χ2n) is 12.3. The topological polar surface area (TPSA) is 137 Å². The number of piperazine rings is 1. The minimum Gasteiger partial charge on any atom is -0.494 e. The number of carbonyl (C=O) groups is 2. The molecule has 3 N–H and O–H groups in total. The van der Waals surface area contributed by atoms with Gasteiger partial charge in [0.1, 0.15) is 17.1 Å². The first-order chi connectivity index (χ1) is 23.7. The SMILES string of the molecule is CCc1cccc(CC)c1NC(=O)c1cc(-c2nc(Nc3ccc(N4CCN(CC(=O)N(C)C)CC4)cc3OC)nc3[nH]ccc23)n(C)n1. The number of amides is 2. The molecule has 13 nitrogen and oxygen atoms in total. The quantitative estimate of drug-likeness (QED) is 0.184. The van der Waals surface area contributed by atoms with E-state index in [0.29, 0.717) is 46.7 Å². The molecule has 0 unspecified atom stereocenters. The van der Waals surface area contributed by atoms with E-state index in [9.17, 15) is 9.59 Å². The first kappa shape index (κ1) is 33.5. The molecule has 1 fully saturated rings. The Labute approximate surface area is 286 Å². The Kier molecular flexibility index (Phi) is 9.81. The molecule has 5 aromatic rings. The molecule has 0 atom stereocenters. The van der Waals surface area contributed by atoms with Crippen LogP contribution in [0.3, 0.4) is 0 Å². The largest absolute Gasteiger partial charge is 0.494 e. The van der Waals surface area contributed by atoms with Crippen LogP contribution < -0.4 is 20.3 Å². The number of methoxy groups -OCH3 is 1. The summed E-state index contributed by atoms with van der Waals surface area (Å²) in [6.45, 7) is 7.81. The number of hydrogen-bond donors (Lipinski definition) is 3. The highest BCUT2D eigenvalue weighted by atomic mass is 16.5. The lowest BCUT2D eigenvalue weighted by atomic mass is 10.0. The van der Waals surface area contributed by atoms with Gasteiger partial charge in [-0.1, -0.05) is 32.0 Å². The number of anilines is 4. The Balaban J connectivity index is 1.23. The molecule has 1 aliphatic rings.